The first kappa shape index (κ1) is 8.21. The summed E-state index contributed by atoms with van der Waals surface area (Å²) in [5.74, 6) is 1.06. The van der Waals surface area contributed by atoms with Crippen molar-refractivity contribution in [2.24, 2.45) is 5.92 Å². The van der Waals surface area contributed by atoms with Gasteiger partial charge in [-0.3, -0.25) is 4.79 Å². The Morgan fingerprint density at radius 1 is 1.90 bits per heavy atom. The van der Waals surface area contributed by atoms with Crippen molar-refractivity contribution in [2.75, 3.05) is 5.75 Å². The molecule has 1 rings (SSSR count). The second kappa shape index (κ2) is 3.49. The average Bonchev–Trinajstić information content (AvgIpc) is 2.34. The lowest BCUT2D eigenvalue weighted by Crippen LogP contribution is -2.14. The number of carbonyl (C=O) groups excluding carboxylic acids is 1. The van der Waals surface area contributed by atoms with Gasteiger partial charge in [-0.25, -0.2) is 0 Å². The second-order valence-electron chi connectivity index (χ2n) is 2.33. The summed E-state index contributed by atoms with van der Waals surface area (Å²) in [5, 5.41) is 0.284. The normalized spacial score (nSPS) is 25.3. The van der Waals surface area contributed by atoms with Crippen LogP contribution in [0.1, 0.15) is 19.8 Å². The molecule has 0 saturated carbocycles. The zero-order valence-corrected chi connectivity index (χ0v) is 7.56. The molecule has 0 amide bonds. The highest BCUT2D eigenvalue weighted by Gasteiger charge is 2.27. The molecule has 56 valence electrons. The highest BCUT2D eigenvalue weighted by atomic mass is 32.2. The fourth-order valence-electron chi connectivity index (χ4n) is 1.03. The highest BCUT2D eigenvalue weighted by molar-refractivity contribution is 8.14. The largest absolute Gasteiger partial charge is 0.287 e. The third-order valence-electron chi connectivity index (χ3n) is 1.67. The van der Waals surface area contributed by atoms with Crippen LogP contribution in [0.5, 0.6) is 0 Å². The quantitative estimate of drug-likeness (QED) is 0.596. The van der Waals surface area contributed by atoms with Crippen LogP contribution in [0.25, 0.3) is 0 Å². The Balaban J connectivity index is 2.55. The van der Waals surface area contributed by atoms with Crippen LogP contribution in [0.3, 0.4) is 0 Å². The van der Waals surface area contributed by atoms with E-state index in [0.717, 1.165) is 23.5 Å². The molecule has 0 N–H and O–H groups in total. The monoisotopic (exact) mass is 174 g/mol. The molecule has 1 aliphatic heterocycles. The van der Waals surface area contributed by atoms with Crippen LogP contribution >= 0.6 is 24.0 Å². The van der Waals surface area contributed by atoms with Crippen molar-refractivity contribution in [3.63, 3.8) is 0 Å². The van der Waals surface area contributed by atoms with E-state index >= 15 is 0 Å². The number of hydrogen-bond acceptors (Lipinski definition) is 3. The van der Waals surface area contributed by atoms with Crippen LogP contribution < -0.4 is 0 Å². The summed E-state index contributed by atoms with van der Waals surface area (Å²) >= 11 is 6.48. The van der Waals surface area contributed by atoms with E-state index in [-0.39, 0.29) is 11.0 Å². The number of hydrogen-bond donors (Lipinski definition) is 0. The molecule has 1 fully saturated rings. The summed E-state index contributed by atoms with van der Waals surface area (Å²) in [6.45, 7) is 2.01. The number of thioether (sulfide) groups is 1. The topological polar surface area (TPSA) is 17.1 Å². The van der Waals surface area contributed by atoms with E-state index in [1.165, 1.54) is 11.8 Å². The van der Waals surface area contributed by atoms with Crippen LogP contribution in [0, 0.1) is 5.92 Å². The van der Waals surface area contributed by atoms with Gasteiger partial charge in [-0.15, -0.1) is 0 Å². The van der Waals surface area contributed by atoms with E-state index in [9.17, 15) is 4.79 Å². The summed E-state index contributed by atoms with van der Waals surface area (Å²) in [4.78, 5) is 12.0. The molecule has 0 aliphatic carbocycles. The fraction of sp³-hybridized carbons (Fsp3) is 0.714. The average molecular weight is 174 g/mol. The molecular weight excluding hydrogens is 164 g/mol. The molecule has 3 heteroatoms. The molecule has 0 aromatic rings. The van der Waals surface area contributed by atoms with Gasteiger partial charge >= 0.3 is 0 Å². The molecule has 1 atom stereocenters. The summed E-state index contributed by atoms with van der Waals surface area (Å²) in [6, 6.07) is 0. The zero-order chi connectivity index (χ0) is 7.56. The molecular formula is C7H10OS2. The van der Waals surface area contributed by atoms with Gasteiger partial charge in [0.1, 0.15) is 0 Å². The van der Waals surface area contributed by atoms with Gasteiger partial charge in [0.2, 0.25) is 0 Å². The Morgan fingerprint density at radius 2 is 2.60 bits per heavy atom. The van der Waals surface area contributed by atoms with Crippen LogP contribution in [-0.4, -0.2) is 15.7 Å². The Kier molecular flexibility index (Phi) is 2.86. The lowest BCUT2D eigenvalue weighted by atomic mass is 10.0. The van der Waals surface area contributed by atoms with Crippen molar-refractivity contribution in [3.05, 3.63) is 0 Å². The number of carbonyl (C=O) groups is 1. The predicted molar refractivity (Wildman–Crippen MR) is 48.5 cm³/mol. The molecule has 0 bridgehead atoms. The van der Waals surface area contributed by atoms with Gasteiger partial charge in [0.15, 0.2) is 5.12 Å². The molecule has 0 aromatic carbocycles. The summed E-state index contributed by atoms with van der Waals surface area (Å²) in [7, 11) is 0. The zero-order valence-electron chi connectivity index (χ0n) is 5.92. The van der Waals surface area contributed by atoms with Crippen molar-refractivity contribution in [2.45, 2.75) is 19.8 Å². The van der Waals surface area contributed by atoms with E-state index in [1.54, 1.807) is 0 Å². The minimum atomic E-state index is 0.102. The van der Waals surface area contributed by atoms with E-state index in [4.69, 9.17) is 12.2 Å². The first-order valence-electron chi connectivity index (χ1n) is 3.45. The summed E-state index contributed by atoms with van der Waals surface area (Å²) in [5.41, 5.74) is 0. The van der Waals surface area contributed by atoms with Crippen molar-refractivity contribution in [1.82, 2.24) is 0 Å². The molecule has 1 nitrogen and oxygen atoms in total. The minimum Gasteiger partial charge on any atom is -0.287 e. The second-order valence-corrected chi connectivity index (χ2v) is 3.95. The first-order valence-corrected chi connectivity index (χ1v) is 4.84. The maximum Gasteiger partial charge on any atom is 0.196 e. The van der Waals surface area contributed by atoms with Crippen LogP contribution in [-0.2, 0) is 4.79 Å². The first-order chi connectivity index (χ1) is 4.75. The van der Waals surface area contributed by atoms with Crippen molar-refractivity contribution < 1.29 is 4.79 Å². The summed E-state index contributed by atoms with van der Waals surface area (Å²) < 4.78 is 0. The lowest BCUT2D eigenvalue weighted by molar-refractivity contribution is -0.112. The molecule has 0 aromatic heterocycles. The number of thiocarbonyl (C=S) groups is 1. The third-order valence-corrected chi connectivity index (χ3v) is 3.25. The Hall–Kier alpha value is 0.110. The fourth-order valence-corrected chi connectivity index (χ4v) is 2.35. The highest BCUT2D eigenvalue weighted by Crippen LogP contribution is 2.27. The Bertz CT molecular complexity index is 165. The third kappa shape index (κ3) is 1.58. The van der Waals surface area contributed by atoms with Crippen molar-refractivity contribution >= 4 is 34.0 Å². The van der Waals surface area contributed by atoms with Gasteiger partial charge in [-0.05, 0) is 12.8 Å². The van der Waals surface area contributed by atoms with Gasteiger partial charge in [-0.2, -0.15) is 0 Å². The Labute approximate surface area is 70.6 Å². The van der Waals surface area contributed by atoms with E-state index in [0.29, 0.717) is 0 Å². The smallest absolute Gasteiger partial charge is 0.196 e. The van der Waals surface area contributed by atoms with Crippen LogP contribution in [0.15, 0.2) is 0 Å². The Morgan fingerprint density at radius 3 is 3.00 bits per heavy atom. The van der Waals surface area contributed by atoms with E-state index < -0.39 is 0 Å². The van der Waals surface area contributed by atoms with Crippen molar-refractivity contribution in [1.29, 1.82) is 0 Å². The number of rotatable bonds is 2. The molecule has 0 spiro atoms. The maximum atomic E-state index is 11.1. The lowest BCUT2D eigenvalue weighted by Gasteiger charge is -2.04. The van der Waals surface area contributed by atoms with E-state index in [2.05, 4.69) is 0 Å². The minimum absolute atomic E-state index is 0.102. The van der Waals surface area contributed by atoms with Gasteiger partial charge in [0.05, 0.1) is 5.92 Å². The van der Waals surface area contributed by atoms with Gasteiger partial charge in [0.25, 0.3) is 0 Å². The van der Waals surface area contributed by atoms with E-state index in [1.807, 2.05) is 6.92 Å². The molecule has 10 heavy (non-hydrogen) atoms. The standard InChI is InChI=1S/C7H10OS2/c1-2-6(9)5-3-4-10-7(5)8/h5H,2-4H2,1H3. The molecule has 1 saturated heterocycles. The van der Waals surface area contributed by atoms with Crippen LogP contribution in [0.4, 0.5) is 0 Å². The molecule has 1 unspecified atom stereocenters. The molecule has 0 radical (unpaired) electrons. The summed E-state index contributed by atoms with van der Waals surface area (Å²) in [6.07, 6.45) is 1.84. The maximum absolute atomic E-state index is 11.1. The van der Waals surface area contributed by atoms with Crippen LogP contribution in [0.2, 0.25) is 0 Å². The predicted octanol–water partition coefficient (Wildman–Crippen LogP) is 2.05. The molecule has 1 heterocycles. The van der Waals surface area contributed by atoms with Gasteiger partial charge in [-0.1, -0.05) is 30.9 Å². The van der Waals surface area contributed by atoms with Crippen molar-refractivity contribution in [3.8, 4) is 0 Å². The molecule has 1 aliphatic rings. The SMILES string of the molecule is CCC(=S)C1CCSC1=O. The van der Waals surface area contributed by atoms with Gasteiger partial charge in [0, 0.05) is 10.6 Å². The van der Waals surface area contributed by atoms with Gasteiger partial charge < -0.3 is 0 Å².